The summed E-state index contributed by atoms with van der Waals surface area (Å²) in [5.41, 5.74) is 0.821. The molecule has 0 spiro atoms. The van der Waals surface area contributed by atoms with Gasteiger partial charge in [0.15, 0.2) is 6.10 Å². The number of aliphatic hydroxyl groups is 1. The molecule has 0 saturated heterocycles. The number of alkyl carbamates (subject to hydrolysis) is 1. The number of nitrogens with one attached hydrogen (secondary N) is 1. The van der Waals surface area contributed by atoms with E-state index in [9.17, 15) is 9.59 Å². The van der Waals surface area contributed by atoms with Crippen LogP contribution in [0.1, 0.15) is 5.56 Å². The summed E-state index contributed by atoms with van der Waals surface area (Å²) in [6.45, 7) is -0.293. The molecule has 0 radical (unpaired) electrons. The molecule has 0 aliphatic heterocycles. The second-order valence-electron chi connectivity index (χ2n) is 3.30. The molecule has 1 aromatic rings. The fourth-order valence-electron chi connectivity index (χ4n) is 1.04. The third-order valence-corrected chi connectivity index (χ3v) is 1.94. The first-order chi connectivity index (χ1) is 8.09. The van der Waals surface area contributed by atoms with Crippen LogP contribution < -0.4 is 5.32 Å². The largest absolute Gasteiger partial charge is 0.479 e. The average Bonchev–Trinajstić information content (AvgIpc) is 2.34. The summed E-state index contributed by atoms with van der Waals surface area (Å²) < 4.78 is 4.80. The Balaban J connectivity index is 2.24. The molecule has 0 fully saturated rings. The number of aliphatic carboxylic acids is 1. The van der Waals surface area contributed by atoms with E-state index in [1.54, 1.807) is 12.1 Å². The van der Waals surface area contributed by atoms with Gasteiger partial charge in [0, 0.05) is 0 Å². The van der Waals surface area contributed by atoms with E-state index in [2.05, 4.69) is 5.32 Å². The molecule has 0 aromatic heterocycles. The van der Waals surface area contributed by atoms with Gasteiger partial charge < -0.3 is 20.3 Å². The Morgan fingerprint density at radius 1 is 1.29 bits per heavy atom. The molecule has 0 heterocycles. The molecule has 6 heteroatoms. The Hall–Kier alpha value is -2.08. The van der Waals surface area contributed by atoms with Gasteiger partial charge in [-0.15, -0.1) is 0 Å². The lowest BCUT2D eigenvalue weighted by atomic mass is 10.2. The molecule has 1 atom stereocenters. The zero-order valence-electron chi connectivity index (χ0n) is 9.00. The molecule has 6 nitrogen and oxygen atoms in total. The van der Waals surface area contributed by atoms with E-state index < -0.39 is 18.2 Å². The molecule has 1 rings (SSSR count). The van der Waals surface area contributed by atoms with Crippen LogP contribution in [0.4, 0.5) is 4.79 Å². The van der Waals surface area contributed by atoms with Crippen LogP contribution in [0.2, 0.25) is 0 Å². The Morgan fingerprint density at radius 3 is 2.53 bits per heavy atom. The van der Waals surface area contributed by atoms with E-state index in [1.165, 1.54) is 0 Å². The summed E-state index contributed by atoms with van der Waals surface area (Å²) in [5, 5.41) is 19.4. The quantitative estimate of drug-likeness (QED) is 0.689. The summed E-state index contributed by atoms with van der Waals surface area (Å²) in [7, 11) is 0. The minimum Gasteiger partial charge on any atom is -0.479 e. The van der Waals surface area contributed by atoms with Crippen molar-refractivity contribution in [2.24, 2.45) is 0 Å². The standard InChI is InChI=1S/C11H13NO5/c13-9(10(14)15)6-12-11(16)17-7-8-4-2-1-3-5-8/h1-5,9,13H,6-7H2,(H,12,16)(H,14,15)/t9-/m0/s1. The lowest BCUT2D eigenvalue weighted by Crippen LogP contribution is -2.36. The second-order valence-corrected chi connectivity index (χ2v) is 3.30. The molecule has 1 amide bonds. The van der Waals surface area contributed by atoms with Crippen molar-refractivity contribution in [1.82, 2.24) is 5.32 Å². The van der Waals surface area contributed by atoms with E-state index in [-0.39, 0.29) is 13.2 Å². The maximum absolute atomic E-state index is 11.1. The van der Waals surface area contributed by atoms with Gasteiger partial charge in [-0.2, -0.15) is 0 Å². The van der Waals surface area contributed by atoms with Crippen LogP contribution in [0.25, 0.3) is 0 Å². The number of carboxylic acids is 1. The van der Waals surface area contributed by atoms with Crippen molar-refractivity contribution >= 4 is 12.1 Å². The number of ether oxygens (including phenoxy) is 1. The zero-order chi connectivity index (χ0) is 12.7. The van der Waals surface area contributed by atoms with Gasteiger partial charge in [0.25, 0.3) is 0 Å². The Kier molecular flexibility index (Phi) is 4.96. The highest BCUT2D eigenvalue weighted by Gasteiger charge is 2.14. The van der Waals surface area contributed by atoms with Crippen LogP contribution in [-0.2, 0) is 16.1 Å². The highest BCUT2D eigenvalue weighted by atomic mass is 16.5. The first-order valence-electron chi connectivity index (χ1n) is 4.95. The van der Waals surface area contributed by atoms with Gasteiger partial charge in [-0.3, -0.25) is 0 Å². The molecule has 0 saturated carbocycles. The summed E-state index contributed by atoms with van der Waals surface area (Å²) in [5.74, 6) is -1.40. The molecule has 0 bridgehead atoms. The maximum atomic E-state index is 11.1. The molecule has 17 heavy (non-hydrogen) atoms. The number of carboxylic acid groups (broad SMARTS) is 1. The second kappa shape index (κ2) is 6.49. The van der Waals surface area contributed by atoms with Gasteiger partial charge in [-0.25, -0.2) is 9.59 Å². The number of carbonyl (C=O) groups excluding carboxylic acids is 1. The van der Waals surface area contributed by atoms with E-state index in [1.807, 2.05) is 18.2 Å². The Bertz CT molecular complexity index is 379. The molecular formula is C11H13NO5. The predicted octanol–water partition coefficient (Wildman–Crippen LogP) is 0.358. The van der Waals surface area contributed by atoms with Gasteiger partial charge in [0.05, 0.1) is 6.54 Å². The fourth-order valence-corrected chi connectivity index (χ4v) is 1.04. The summed E-state index contributed by atoms with van der Waals surface area (Å²) in [6, 6.07) is 9.04. The highest BCUT2D eigenvalue weighted by Crippen LogP contribution is 2.00. The third-order valence-electron chi connectivity index (χ3n) is 1.94. The molecule has 0 unspecified atom stereocenters. The number of benzene rings is 1. The number of rotatable bonds is 5. The first kappa shape index (κ1) is 13.0. The summed E-state index contributed by atoms with van der Waals surface area (Å²) in [4.78, 5) is 21.4. The van der Waals surface area contributed by atoms with Crippen LogP contribution in [0.3, 0.4) is 0 Å². The van der Waals surface area contributed by atoms with E-state index in [0.717, 1.165) is 5.56 Å². The van der Waals surface area contributed by atoms with Crippen molar-refractivity contribution < 1.29 is 24.5 Å². The fraction of sp³-hybridized carbons (Fsp3) is 0.273. The van der Waals surface area contributed by atoms with Crippen molar-refractivity contribution in [3.8, 4) is 0 Å². The normalized spacial score (nSPS) is 11.6. The lowest BCUT2D eigenvalue weighted by molar-refractivity contribution is -0.146. The summed E-state index contributed by atoms with van der Waals surface area (Å²) in [6.07, 6.45) is -2.39. The van der Waals surface area contributed by atoms with Crippen LogP contribution in [0.15, 0.2) is 30.3 Å². The van der Waals surface area contributed by atoms with Crippen LogP contribution in [-0.4, -0.2) is 34.9 Å². The smallest absolute Gasteiger partial charge is 0.407 e. The number of carbonyl (C=O) groups is 2. The average molecular weight is 239 g/mol. The number of hydrogen-bond donors (Lipinski definition) is 3. The van der Waals surface area contributed by atoms with Crippen molar-refractivity contribution in [2.45, 2.75) is 12.7 Å². The number of hydrogen-bond acceptors (Lipinski definition) is 4. The van der Waals surface area contributed by atoms with Gasteiger partial charge in [-0.05, 0) is 5.56 Å². The topological polar surface area (TPSA) is 95.9 Å². The molecule has 1 aromatic carbocycles. The van der Waals surface area contributed by atoms with Crippen LogP contribution >= 0.6 is 0 Å². The van der Waals surface area contributed by atoms with Gasteiger partial charge in [0.1, 0.15) is 6.61 Å². The van der Waals surface area contributed by atoms with Crippen LogP contribution in [0, 0.1) is 0 Å². The SMILES string of the molecule is O=C(NC[C@H](O)C(=O)O)OCc1ccccc1. The molecular weight excluding hydrogens is 226 g/mol. The number of aliphatic hydroxyl groups excluding tert-OH is 1. The van der Waals surface area contributed by atoms with Gasteiger partial charge in [-0.1, -0.05) is 30.3 Å². The van der Waals surface area contributed by atoms with Crippen molar-refractivity contribution in [3.05, 3.63) is 35.9 Å². The Labute approximate surface area is 97.8 Å². The van der Waals surface area contributed by atoms with Gasteiger partial charge in [0.2, 0.25) is 0 Å². The van der Waals surface area contributed by atoms with E-state index in [0.29, 0.717) is 0 Å². The van der Waals surface area contributed by atoms with E-state index >= 15 is 0 Å². The zero-order valence-corrected chi connectivity index (χ0v) is 9.00. The molecule has 92 valence electrons. The minimum absolute atomic E-state index is 0.0931. The Morgan fingerprint density at radius 2 is 1.94 bits per heavy atom. The third kappa shape index (κ3) is 4.98. The number of amides is 1. The van der Waals surface area contributed by atoms with Crippen molar-refractivity contribution in [1.29, 1.82) is 0 Å². The highest BCUT2D eigenvalue weighted by molar-refractivity contribution is 5.74. The molecule has 0 aliphatic rings. The minimum atomic E-state index is -1.63. The lowest BCUT2D eigenvalue weighted by Gasteiger charge is -2.08. The van der Waals surface area contributed by atoms with Crippen LogP contribution in [0.5, 0.6) is 0 Å². The van der Waals surface area contributed by atoms with Crippen molar-refractivity contribution in [2.75, 3.05) is 6.54 Å². The molecule has 3 N–H and O–H groups in total. The van der Waals surface area contributed by atoms with Crippen molar-refractivity contribution in [3.63, 3.8) is 0 Å². The summed E-state index contributed by atoms with van der Waals surface area (Å²) >= 11 is 0. The van der Waals surface area contributed by atoms with Gasteiger partial charge >= 0.3 is 12.1 Å². The first-order valence-corrected chi connectivity index (χ1v) is 4.95. The predicted molar refractivity (Wildman–Crippen MR) is 58.3 cm³/mol. The maximum Gasteiger partial charge on any atom is 0.407 e. The van der Waals surface area contributed by atoms with E-state index in [4.69, 9.17) is 14.9 Å². The molecule has 0 aliphatic carbocycles. The monoisotopic (exact) mass is 239 g/mol.